The number of para-hydroxylation sites is 1. The van der Waals surface area contributed by atoms with Crippen LogP contribution in [0.15, 0.2) is 211 Å². The summed E-state index contributed by atoms with van der Waals surface area (Å²) in [6, 6.07) is 72.0. The van der Waals surface area contributed by atoms with Crippen LogP contribution in [0.2, 0.25) is 0 Å². The van der Waals surface area contributed by atoms with Crippen LogP contribution in [0.5, 0.6) is 5.75 Å². The lowest BCUT2D eigenvalue weighted by Crippen LogP contribution is -2.25. The number of hydrogen-bond acceptors (Lipinski definition) is 4. The predicted molar refractivity (Wildman–Crippen MR) is 250 cm³/mol. The number of hydrogen-bond donors (Lipinski definition) is 1. The minimum atomic E-state index is -0.417. The summed E-state index contributed by atoms with van der Waals surface area (Å²) in [5.74, 6) is 1.79. The Morgan fingerprint density at radius 3 is 1.53 bits per heavy atom. The van der Waals surface area contributed by atoms with Crippen molar-refractivity contribution in [1.29, 1.82) is 0 Å². The molecule has 7 aromatic carbocycles. The molecule has 4 nitrogen and oxygen atoms in total. The molecule has 292 valence electrons. The summed E-state index contributed by atoms with van der Waals surface area (Å²) >= 11 is 0. The Hall–Kier alpha value is -8.08. The van der Waals surface area contributed by atoms with Gasteiger partial charge in [0.05, 0.1) is 22.5 Å². The van der Waals surface area contributed by atoms with Gasteiger partial charge < -0.3 is 9.52 Å². The highest BCUT2D eigenvalue weighted by molar-refractivity contribution is 5.96. The van der Waals surface area contributed by atoms with Crippen molar-refractivity contribution < 1.29 is 9.52 Å². The molecule has 12 rings (SSSR count). The van der Waals surface area contributed by atoms with E-state index in [0.29, 0.717) is 11.3 Å². The van der Waals surface area contributed by atoms with Gasteiger partial charge in [0.1, 0.15) is 17.3 Å². The van der Waals surface area contributed by atoms with Crippen LogP contribution < -0.4 is 0 Å². The fourth-order valence-corrected chi connectivity index (χ4v) is 10.00. The SMILES string of the molecule is Cc1cc(-c2ccc(-c3ccc4c(c3)C3(c5ccccc5-c5ccccc53)c3ccccc3-4)o2)cc(-c2cccc(-c3cc(-c4ccccc4)cc(-c4ccccc4O)n3)c2)n1. The third kappa shape index (κ3) is 5.54. The molecule has 2 aliphatic rings. The maximum absolute atomic E-state index is 10.8. The van der Waals surface area contributed by atoms with E-state index in [1.807, 2.05) is 49.4 Å². The lowest BCUT2D eigenvalue weighted by molar-refractivity contribution is 0.477. The zero-order valence-corrected chi connectivity index (χ0v) is 33.9. The average molecular weight is 795 g/mol. The van der Waals surface area contributed by atoms with E-state index in [1.54, 1.807) is 6.07 Å². The summed E-state index contributed by atoms with van der Waals surface area (Å²) in [6.07, 6.45) is 0. The van der Waals surface area contributed by atoms with Crippen LogP contribution in [-0.4, -0.2) is 15.1 Å². The Morgan fingerprint density at radius 1 is 0.355 bits per heavy atom. The van der Waals surface area contributed by atoms with Crippen LogP contribution in [-0.2, 0) is 5.41 Å². The number of phenolic OH excluding ortho intramolecular Hbond substituents is 1. The first-order chi connectivity index (χ1) is 30.5. The van der Waals surface area contributed by atoms with Crippen LogP contribution in [0.1, 0.15) is 27.9 Å². The minimum Gasteiger partial charge on any atom is -0.507 e. The minimum absolute atomic E-state index is 0.193. The van der Waals surface area contributed by atoms with Crippen molar-refractivity contribution in [2.24, 2.45) is 0 Å². The molecule has 0 atom stereocenters. The van der Waals surface area contributed by atoms with Gasteiger partial charge in [-0.25, -0.2) is 4.98 Å². The van der Waals surface area contributed by atoms with E-state index in [-0.39, 0.29) is 5.75 Å². The van der Waals surface area contributed by atoms with Crippen molar-refractivity contribution in [3.63, 3.8) is 0 Å². The van der Waals surface area contributed by atoms with Crippen molar-refractivity contribution in [2.45, 2.75) is 12.3 Å². The van der Waals surface area contributed by atoms with E-state index >= 15 is 0 Å². The third-order valence-corrected chi connectivity index (χ3v) is 12.7. The second-order valence-corrected chi connectivity index (χ2v) is 16.3. The van der Waals surface area contributed by atoms with Gasteiger partial charge in [-0.1, -0.05) is 146 Å². The number of pyridine rings is 2. The molecule has 0 aliphatic heterocycles. The Balaban J connectivity index is 0.923. The number of nitrogens with zero attached hydrogens (tertiary/aromatic N) is 2. The Bertz CT molecular complexity index is 3330. The molecule has 0 bridgehead atoms. The van der Waals surface area contributed by atoms with Gasteiger partial charge in [0.25, 0.3) is 0 Å². The van der Waals surface area contributed by atoms with Crippen LogP contribution in [0.3, 0.4) is 0 Å². The first-order valence-electron chi connectivity index (χ1n) is 21.0. The molecular weight excluding hydrogens is 757 g/mol. The quantitative estimate of drug-likeness (QED) is 0.182. The third-order valence-electron chi connectivity index (χ3n) is 12.7. The van der Waals surface area contributed by atoms with Gasteiger partial charge >= 0.3 is 0 Å². The number of benzene rings is 7. The standard InChI is InChI=1S/C58H38N2O2/c1-36-30-42(35-52(59-36)38-16-13-17-39(31-38)53-33-41(37-14-3-2-4-15-37)34-54(60-53)47-21-8-12-25-55(47)61)57-29-28-56(62-57)40-26-27-46-45-20-7-11-24-50(45)58(51(46)32-40)48-22-9-5-18-43(48)44-19-6-10-23-49(44)58/h2-35,61H,1H3. The largest absolute Gasteiger partial charge is 0.507 e. The molecule has 4 heteroatoms. The molecule has 0 radical (unpaired) electrons. The van der Waals surface area contributed by atoms with Crippen LogP contribution in [0.4, 0.5) is 0 Å². The highest BCUT2D eigenvalue weighted by Crippen LogP contribution is 2.63. The van der Waals surface area contributed by atoms with Crippen molar-refractivity contribution in [3.8, 4) is 95.5 Å². The summed E-state index contributed by atoms with van der Waals surface area (Å²) in [5, 5.41) is 10.8. The molecule has 3 aromatic heterocycles. The maximum Gasteiger partial charge on any atom is 0.134 e. The van der Waals surface area contributed by atoms with Crippen LogP contribution >= 0.6 is 0 Å². The van der Waals surface area contributed by atoms with E-state index in [1.165, 1.54) is 44.5 Å². The Labute approximate surface area is 360 Å². The summed E-state index contributed by atoms with van der Waals surface area (Å²) < 4.78 is 6.78. The van der Waals surface area contributed by atoms with E-state index in [0.717, 1.165) is 62.0 Å². The first-order valence-corrected chi connectivity index (χ1v) is 21.0. The van der Waals surface area contributed by atoms with E-state index in [9.17, 15) is 5.11 Å². The van der Waals surface area contributed by atoms with Gasteiger partial charge in [0.2, 0.25) is 0 Å². The highest BCUT2D eigenvalue weighted by Gasteiger charge is 2.51. The monoisotopic (exact) mass is 794 g/mol. The number of aromatic hydroxyl groups is 1. The Morgan fingerprint density at radius 2 is 0.871 bits per heavy atom. The first kappa shape index (κ1) is 35.8. The van der Waals surface area contributed by atoms with E-state index in [2.05, 4.69) is 158 Å². The molecular formula is C58H38N2O2. The van der Waals surface area contributed by atoms with Crippen molar-refractivity contribution >= 4 is 0 Å². The summed E-state index contributed by atoms with van der Waals surface area (Å²) in [5.41, 5.74) is 19.9. The molecule has 62 heavy (non-hydrogen) atoms. The lowest BCUT2D eigenvalue weighted by Gasteiger charge is -2.30. The summed E-state index contributed by atoms with van der Waals surface area (Å²) in [4.78, 5) is 10.1. The van der Waals surface area contributed by atoms with Crippen LogP contribution in [0.25, 0.3) is 89.8 Å². The number of rotatable bonds is 6. The van der Waals surface area contributed by atoms with Crippen LogP contribution in [0, 0.1) is 6.92 Å². The number of phenols is 1. The molecule has 1 spiro atoms. The molecule has 0 fully saturated rings. The van der Waals surface area contributed by atoms with Crippen molar-refractivity contribution in [2.75, 3.05) is 0 Å². The van der Waals surface area contributed by atoms with Gasteiger partial charge in [0.15, 0.2) is 0 Å². The second-order valence-electron chi connectivity index (χ2n) is 16.3. The average Bonchev–Trinajstić information content (AvgIpc) is 4.02. The molecule has 0 saturated heterocycles. The molecule has 0 amide bonds. The van der Waals surface area contributed by atoms with Crippen molar-refractivity contribution in [3.05, 3.63) is 234 Å². The lowest BCUT2D eigenvalue weighted by atomic mass is 9.70. The molecule has 3 heterocycles. The predicted octanol–water partition coefficient (Wildman–Crippen LogP) is 14.4. The summed E-state index contributed by atoms with van der Waals surface area (Å²) in [7, 11) is 0. The van der Waals surface area contributed by atoms with E-state index < -0.39 is 5.41 Å². The molecule has 2 aliphatic carbocycles. The zero-order chi connectivity index (χ0) is 41.4. The van der Waals surface area contributed by atoms with Gasteiger partial charge in [-0.2, -0.15) is 0 Å². The fraction of sp³-hybridized carbons (Fsp3) is 0.0345. The van der Waals surface area contributed by atoms with Crippen molar-refractivity contribution in [1.82, 2.24) is 9.97 Å². The van der Waals surface area contributed by atoms with Gasteiger partial charge in [-0.15, -0.1) is 0 Å². The number of fused-ring (bicyclic) bond motifs is 10. The molecule has 10 aromatic rings. The van der Waals surface area contributed by atoms with Gasteiger partial charge in [-0.3, -0.25) is 4.98 Å². The Kier molecular flexibility index (Phi) is 8.09. The zero-order valence-electron chi connectivity index (χ0n) is 33.9. The topological polar surface area (TPSA) is 59.2 Å². The second kappa shape index (κ2) is 14.0. The molecule has 0 unspecified atom stereocenters. The number of furan rings is 1. The molecule has 0 saturated carbocycles. The normalized spacial score (nSPS) is 12.8. The fourth-order valence-electron chi connectivity index (χ4n) is 10.00. The maximum atomic E-state index is 10.8. The smallest absolute Gasteiger partial charge is 0.134 e. The van der Waals surface area contributed by atoms with E-state index in [4.69, 9.17) is 14.4 Å². The summed E-state index contributed by atoms with van der Waals surface area (Å²) in [6.45, 7) is 2.03. The van der Waals surface area contributed by atoms with Gasteiger partial charge in [0, 0.05) is 33.5 Å². The molecule has 1 N–H and O–H groups in total. The number of aromatic nitrogens is 2. The number of aryl methyl sites for hydroxylation is 1. The van der Waals surface area contributed by atoms with Gasteiger partial charge in [-0.05, 0) is 123 Å². The highest BCUT2D eigenvalue weighted by atomic mass is 16.3.